The molecule has 2 heterocycles. The SMILES string of the molecule is N#Cc1csc(CNC2CCCSC2)c1. The van der Waals surface area contributed by atoms with Gasteiger partial charge < -0.3 is 5.32 Å². The highest BCUT2D eigenvalue weighted by Crippen LogP contribution is 2.18. The van der Waals surface area contributed by atoms with Crippen LogP contribution in [0.25, 0.3) is 0 Å². The summed E-state index contributed by atoms with van der Waals surface area (Å²) in [6.45, 7) is 0.914. The fraction of sp³-hybridized carbons (Fsp3) is 0.545. The maximum Gasteiger partial charge on any atom is 0.100 e. The second-order valence-electron chi connectivity index (χ2n) is 3.71. The Bertz CT molecular complexity index is 348. The van der Waals surface area contributed by atoms with E-state index < -0.39 is 0 Å². The zero-order valence-corrected chi connectivity index (χ0v) is 10.2. The van der Waals surface area contributed by atoms with Crippen LogP contribution < -0.4 is 5.32 Å². The smallest absolute Gasteiger partial charge is 0.100 e. The molecule has 1 aromatic heterocycles. The molecule has 80 valence electrons. The minimum Gasteiger partial charge on any atom is -0.308 e. The van der Waals surface area contributed by atoms with Crippen LogP contribution in [0.3, 0.4) is 0 Å². The van der Waals surface area contributed by atoms with Gasteiger partial charge in [-0.2, -0.15) is 17.0 Å². The van der Waals surface area contributed by atoms with Crippen molar-refractivity contribution in [3.05, 3.63) is 21.9 Å². The van der Waals surface area contributed by atoms with Crippen LogP contribution in [0.5, 0.6) is 0 Å². The van der Waals surface area contributed by atoms with Crippen LogP contribution in [-0.2, 0) is 6.54 Å². The Morgan fingerprint density at radius 2 is 2.53 bits per heavy atom. The van der Waals surface area contributed by atoms with Crippen LogP contribution in [0.1, 0.15) is 23.3 Å². The van der Waals surface area contributed by atoms with Crippen molar-refractivity contribution in [2.45, 2.75) is 25.4 Å². The summed E-state index contributed by atoms with van der Waals surface area (Å²) in [5.74, 6) is 2.55. The van der Waals surface area contributed by atoms with E-state index in [0.29, 0.717) is 6.04 Å². The Morgan fingerprint density at radius 1 is 1.60 bits per heavy atom. The van der Waals surface area contributed by atoms with Gasteiger partial charge in [0.2, 0.25) is 0 Å². The Balaban J connectivity index is 1.79. The third-order valence-electron chi connectivity index (χ3n) is 2.51. The molecule has 2 rings (SSSR count). The standard InChI is InChI=1S/C11H14N2S2/c12-5-9-4-11(15-7-9)6-13-10-2-1-3-14-8-10/h4,7,10,13H,1-3,6,8H2. The van der Waals surface area contributed by atoms with Gasteiger partial charge >= 0.3 is 0 Å². The number of thiophene rings is 1. The van der Waals surface area contributed by atoms with Crippen molar-refractivity contribution in [3.63, 3.8) is 0 Å². The molecule has 0 aromatic carbocycles. The third-order valence-corrected chi connectivity index (χ3v) is 4.66. The molecular formula is C11H14N2S2. The number of thioether (sulfide) groups is 1. The molecule has 1 saturated heterocycles. The average molecular weight is 238 g/mol. The van der Waals surface area contributed by atoms with E-state index in [1.807, 2.05) is 23.2 Å². The van der Waals surface area contributed by atoms with E-state index in [-0.39, 0.29) is 0 Å². The van der Waals surface area contributed by atoms with Gasteiger partial charge in [0.1, 0.15) is 6.07 Å². The molecule has 0 aliphatic carbocycles. The fourth-order valence-corrected chi connectivity index (χ4v) is 3.55. The quantitative estimate of drug-likeness (QED) is 0.879. The number of hydrogen-bond donors (Lipinski definition) is 1. The maximum atomic E-state index is 8.70. The third kappa shape index (κ3) is 3.23. The number of nitriles is 1. The van der Waals surface area contributed by atoms with Crippen LogP contribution in [0.2, 0.25) is 0 Å². The molecule has 1 aliphatic heterocycles. The van der Waals surface area contributed by atoms with Crippen molar-refractivity contribution in [2.75, 3.05) is 11.5 Å². The topological polar surface area (TPSA) is 35.8 Å². The lowest BCUT2D eigenvalue weighted by molar-refractivity contribution is 0.510. The summed E-state index contributed by atoms with van der Waals surface area (Å²) in [5.41, 5.74) is 0.787. The van der Waals surface area contributed by atoms with Gasteiger partial charge in [0.25, 0.3) is 0 Å². The van der Waals surface area contributed by atoms with E-state index in [1.54, 1.807) is 11.3 Å². The molecule has 1 unspecified atom stereocenters. The number of nitrogens with one attached hydrogen (secondary N) is 1. The highest BCUT2D eigenvalue weighted by Gasteiger charge is 2.12. The van der Waals surface area contributed by atoms with Gasteiger partial charge in [0, 0.05) is 28.6 Å². The van der Waals surface area contributed by atoms with Crippen molar-refractivity contribution in [2.24, 2.45) is 0 Å². The minimum atomic E-state index is 0.663. The average Bonchev–Trinajstić information content (AvgIpc) is 2.76. The van der Waals surface area contributed by atoms with Crippen molar-refractivity contribution < 1.29 is 0 Å². The summed E-state index contributed by atoms with van der Waals surface area (Å²) in [6, 6.07) is 4.81. The van der Waals surface area contributed by atoms with Gasteiger partial charge in [-0.15, -0.1) is 11.3 Å². The lowest BCUT2D eigenvalue weighted by Crippen LogP contribution is -2.32. The van der Waals surface area contributed by atoms with E-state index in [1.165, 1.54) is 29.2 Å². The normalized spacial score (nSPS) is 21.1. The molecule has 2 nitrogen and oxygen atoms in total. The first-order valence-corrected chi connectivity index (χ1v) is 7.20. The van der Waals surface area contributed by atoms with E-state index in [0.717, 1.165) is 12.1 Å². The number of hydrogen-bond acceptors (Lipinski definition) is 4. The molecule has 0 radical (unpaired) electrons. The first-order valence-electron chi connectivity index (χ1n) is 5.17. The maximum absolute atomic E-state index is 8.70. The lowest BCUT2D eigenvalue weighted by atomic mass is 10.2. The van der Waals surface area contributed by atoms with Gasteiger partial charge in [-0.3, -0.25) is 0 Å². The summed E-state index contributed by atoms with van der Waals surface area (Å²) in [7, 11) is 0. The highest BCUT2D eigenvalue weighted by molar-refractivity contribution is 7.99. The molecule has 1 aromatic rings. The first kappa shape index (κ1) is 11.0. The molecular weight excluding hydrogens is 224 g/mol. The van der Waals surface area contributed by atoms with E-state index in [4.69, 9.17) is 5.26 Å². The molecule has 0 bridgehead atoms. The summed E-state index contributed by atoms with van der Waals surface area (Å²) >= 11 is 3.71. The Hall–Kier alpha value is -0.500. The number of nitrogens with zero attached hydrogens (tertiary/aromatic N) is 1. The highest BCUT2D eigenvalue weighted by atomic mass is 32.2. The molecule has 15 heavy (non-hydrogen) atoms. The largest absolute Gasteiger partial charge is 0.308 e. The van der Waals surface area contributed by atoms with Gasteiger partial charge in [0.05, 0.1) is 5.56 Å². The van der Waals surface area contributed by atoms with Crippen molar-refractivity contribution >= 4 is 23.1 Å². The van der Waals surface area contributed by atoms with Gasteiger partial charge in [-0.1, -0.05) is 0 Å². The molecule has 1 fully saturated rings. The second-order valence-corrected chi connectivity index (χ2v) is 5.85. The van der Waals surface area contributed by atoms with E-state index >= 15 is 0 Å². The van der Waals surface area contributed by atoms with Gasteiger partial charge in [-0.05, 0) is 24.7 Å². The van der Waals surface area contributed by atoms with Crippen molar-refractivity contribution in [1.29, 1.82) is 5.26 Å². The summed E-state index contributed by atoms with van der Waals surface area (Å²) < 4.78 is 0. The van der Waals surface area contributed by atoms with Crippen molar-refractivity contribution in [1.82, 2.24) is 5.32 Å². The molecule has 0 amide bonds. The van der Waals surface area contributed by atoms with E-state index in [2.05, 4.69) is 11.4 Å². The summed E-state index contributed by atoms with van der Waals surface area (Å²) in [5, 5.41) is 14.2. The monoisotopic (exact) mass is 238 g/mol. The predicted molar refractivity (Wildman–Crippen MR) is 66.2 cm³/mol. The molecule has 1 aliphatic rings. The van der Waals surface area contributed by atoms with Gasteiger partial charge in [0.15, 0.2) is 0 Å². The second kappa shape index (κ2) is 5.55. The summed E-state index contributed by atoms with van der Waals surface area (Å²) in [6.07, 6.45) is 2.62. The zero-order valence-electron chi connectivity index (χ0n) is 8.53. The molecule has 1 atom stereocenters. The Kier molecular flexibility index (Phi) is 4.07. The van der Waals surface area contributed by atoms with E-state index in [9.17, 15) is 0 Å². The Labute approximate surface area is 98.7 Å². The first-order chi connectivity index (χ1) is 7.38. The van der Waals surface area contributed by atoms with Crippen molar-refractivity contribution in [3.8, 4) is 6.07 Å². The molecule has 4 heteroatoms. The van der Waals surface area contributed by atoms with Crippen LogP contribution in [0.4, 0.5) is 0 Å². The fourth-order valence-electron chi connectivity index (χ4n) is 1.68. The molecule has 0 spiro atoms. The van der Waals surface area contributed by atoms with Crippen LogP contribution in [-0.4, -0.2) is 17.5 Å². The van der Waals surface area contributed by atoms with Crippen LogP contribution in [0.15, 0.2) is 11.4 Å². The molecule has 1 N–H and O–H groups in total. The number of rotatable bonds is 3. The van der Waals surface area contributed by atoms with Gasteiger partial charge in [-0.25, -0.2) is 0 Å². The Morgan fingerprint density at radius 3 is 3.20 bits per heavy atom. The lowest BCUT2D eigenvalue weighted by Gasteiger charge is -2.22. The zero-order chi connectivity index (χ0) is 10.5. The predicted octanol–water partition coefficient (Wildman–Crippen LogP) is 2.60. The summed E-state index contributed by atoms with van der Waals surface area (Å²) in [4.78, 5) is 1.27. The minimum absolute atomic E-state index is 0.663. The van der Waals surface area contributed by atoms with Crippen LogP contribution in [0, 0.1) is 11.3 Å². The van der Waals surface area contributed by atoms with Crippen LogP contribution >= 0.6 is 23.1 Å². The molecule has 0 saturated carbocycles.